The molecule has 0 aliphatic carbocycles. The summed E-state index contributed by atoms with van der Waals surface area (Å²) in [6, 6.07) is 1.79. The van der Waals surface area contributed by atoms with E-state index in [0.29, 0.717) is 3.57 Å². The van der Waals surface area contributed by atoms with Crippen molar-refractivity contribution in [2.45, 2.75) is 13.0 Å². The van der Waals surface area contributed by atoms with Crippen molar-refractivity contribution in [3.05, 3.63) is 32.9 Å². The van der Waals surface area contributed by atoms with Crippen molar-refractivity contribution in [1.82, 2.24) is 5.32 Å². The Hall–Kier alpha value is -0.760. The Kier molecular flexibility index (Phi) is 4.60. The van der Waals surface area contributed by atoms with E-state index in [9.17, 15) is 13.6 Å². The third-order valence-corrected chi connectivity index (χ3v) is 2.71. The van der Waals surface area contributed by atoms with E-state index >= 15 is 0 Å². The van der Waals surface area contributed by atoms with Crippen molar-refractivity contribution in [3.8, 4) is 0 Å². The minimum atomic E-state index is -1.07. The summed E-state index contributed by atoms with van der Waals surface area (Å²) in [6.45, 7) is 1.57. The Morgan fingerprint density at radius 2 is 2.06 bits per heavy atom. The number of benzene rings is 1. The lowest BCUT2D eigenvalue weighted by Crippen LogP contribution is -2.31. The SMILES string of the molecule is CC(O)CNC(=O)c1cc(F)c(F)cc1I. The Bertz CT molecular complexity index is 410. The molecule has 0 radical (unpaired) electrons. The van der Waals surface area contributed by atoms with Crippen molar-refractivity contribution in [2.75, 3.05) is 6.54 Å². The van der Waals surface area contributed by atoms with Crippen LogP contribution in [0.1, 0.15) is 17.3 Å². The van der Waals surface area contributed by atoms with Crippen LogP contribution in [-0.4, -0.2) is 23.7 Å². The average Bonchev–Trinajstić information content (AvgIpc) is 2.20. The van der Waals surface area contributed by atoms with Gasteiger partial charge in [0.15, 0.2) is 11.6 Å². The largest absolute Gasteiger partial charge is 0.392 e. The summed E-state index contributed by atoms with van der Waals surface area (Å²) in [5.41, 5.74) is 0.0557. The first-order valence-electron chi connectivity index (χ1n) is 4.52. The van der Waals surface area contributed by atoms with E-state index in [1.165, 1.54) is 6.92 Å². The normalized spacial score (nSPS) is 12.3. The van der Waals surface area contributed by atoms with Gasteiger partial charge in [0.1, 0.15) is 0 Å². The van der Waals surface area contributed by atoms with Crippen molar-refractivity contribution >= 4 is 28.5 Å². The van der Waals surface area contributed by atoms with Gasteiger partial charge in [-0.05, 0) is 41.6 Å². The standard InChI is InChI=1S/C10H10F2INO2/c1-5(15)4-14-10(16)6-2-7(11)8(12)3-9(6)13/h2-3,5,15H,4H2,1H3,(H,14,16). The lowest BCUT2D eigenvalue weighted by molar-refractivity contribution is 0.0922. The van der Waals surface area contributed by atoms with Crippen LogP contribution in [0.2, 0.25) is 0 Å². The number of amides is 1. The van der Waals surface area contributed by atoms with Crippen molar-refractivity contribution in [1.29, 1.82) is 0 Å². The van der Waals surface area contributed by atoms with E-state index in [1.54, 1.807) is 22.6 Å². The average molecular weight is 341 g/mol. The van der Waals surface area contributed by atoms with Gasteiger partial charge in [-0.2, -0.15) is 0 Å². The number of carbonyl (C=O) groups is 1. The maximum absolute atomic E-state index is 12.9. The second-order valence-corrected chi connectivity index (χ2v) is 4.47. The highest BCUT2D eigenvalue weighted by Gasteiger charge is 2.14. The molecule has 1 aromatic rings. The van der Waals surface area contributed by atoms with Gasteiger partial charge in [-0.3, -0.25) is 4.79 Å². The van der Waals surface area contributed by atoms with Crippen LogP contribution in [0.15, 0.2) is 12.1 Å². The van der Waals surface area contributed by atoms with Gasteiger partial charge in [-0.25, -0.2) is 8.78 Å². The van der Waals surface area contributed by atoms with Gasteiger partial charge < -0.3 is 10.4 Å². The molecule has 0 aromatic heterocycles. The number of halogens is 3. The van der Waals surface area contributed by atoms with Crippen LogP contribution in [-0.2, 0) is 0 Å². The second-order valence-electron chi connectivity index (χ2n) is 3.31. The summed E-state index contributed by atoms with van der Waals surface area (Å²) >= 11 is 1.74. The molecule has 2 N–H and O–H groups in total. The summed E-state index contributed by atoms with van der Waals surface area (Å²) in [5.74, 6) is -2.59. The van der Waals surface area contributed by atoms with E-state index in [1.807, 2.05) is 0 Å². The number of hydrogen-bond donors (Lipinski definition) is 2. The third-order valence-electron chi connectivity index (χ3n) is 1.81. The molecule has 1 atom stereocenters. The van der Waals surface area contributed by atoms with Crippen molar-refractivity contribution in [2.24, 2.45) is 0 Å². The Morgan fingerprint density at radius 1 is 1.50 bits per heavy atom. The Labute approximate surface area is 105 Å². The van der Waals surface area contributed by atoms with Crippen LogP contribution in [0.25, 0.3) is 0 Å². The van der Waals surface area contributed by atoms with Gasteiger partial charge in [0.05, 0.1) is 11.7 Å². The summed E-state index contributed by atoms with van der Waals surface area (Å²) in [5, 5.41) is 11.4. The zero-order valence-corrected chi connectivity index (χ0v) is 10.6. The van der Waals surface area contributed by atoms with E-state index in [0.717, 1.165) is 12.1 Å². The lowest BCUT2D eigenvalue weighted by atomic mass is 10.2. The summed E-state index contributed by atoms with van der Waals surface area (Å²) in [4.78, 5) is 11.5. The van der Waals surface area contributed by atoms with Gasteiger partial charge in [0.2, 0.25) is 0 Å². The molecule has 16 heavy (non-hydrogen) atoms. The number of hydrogen-bond acceptors (Lipinski definition) is 2. The fraction of sp³-hybridized carbons (Fsp3) is 0.300. The van der Waals surface area contributed by atoms with Gasteiger partial charge in [0, 0.05) is 10.1 Å². The van der Waals surface area contributed by atoms with Gasteiger partial charge in [-0.1, -0.05) is 0 Å². The fourth-order valence-corrected chi connectivity index (χ4v) is 1.71. The molecule has 0 saturated heterocycles. The van der Waals surface area contributed by atoms with Crippen molar-refractivity contribution < 1.29 is 18.7 Å². The molecule has 1 rings (SSSR count). The predicted molar refractivity (Wildman–Crippen MR) is 63.1 cm³/mol. The maximum Gasteiger partial charge on any atom is 0.252 e. The first kappa shape index (κ1) is 13.3. The smallest absolute Gasteiger partial charge is 0.252 e. The molecule has 0 fully saturated rings. The van der Waals surface area contributed by atoms with Crippen LogP contribution >= 0.6 is 22.6 Å². The third kappa shape index (κ3) is 3.38. The van der Waals surface area contributed by atoms with Gasteiger partial charge in [-0.15, -0.1) is 0 Å². The monoisotopic (exact) mass is 341 g/mol. The van der Waals surface area contributed by atoms with Crippen LogP contribution in [0, 0.1) is 15.2 Å². The van der Waals surface area contributed by atoms with Gasteiger partial charge >= 0.3 is 0 Å². The summed E-state index contributed by atoms with van der Waals surface area (Å²) < 4.78 is 26.0. The van der Waals surface area contributed by atoms with E-state index in [2.05, 4.69) is 5.32 Å². The molecular weight excluding hydrogens is 331 g/mol. The molecule has 0 heterocycles. The van der Waals surface area contributed by atoms with Crippen LogP contribution in [0.3, 0.4) is 0 Å². The first-order chi connectivity index (χ1) is 7.41. The molecule has 0 aliphatic rings. The number of aliphatic hydroxyl groups is 1. The Balaban J connectivity index is 2.87. The number of carbonyl (C=O) groups excluding carboxylic acids is 1. The quantitative estimate of drug-likeness (QED) is 0.649. The highest BCUT2D eigenvalue weighted by atomic mass is 127. The number of aliphatic hydroxyl groups excluding tert-OH is 1. The summed E-state index contributed by atoms with van der Waals surface area (Å²) in [6.07, 6.45) is -0.688. The number of rotatable bonds is 3. The van der Waals surface area contributed by atoms with Crippen LogP contribution in [0.5, 0.6) is 0 Å². The molecule has 1 amide bonds. The first-order valence-corrected chi connectivity index (χ1v) is 5.60. The molecule has 0 saturated carbocycles. The molecule has 0 spiro atoms. The molecule has 0 aliphatic heterocycles. The zero-order valence-electron chi connectivity index (χ0n) is 8.43. The minimum absolute atomic E-state index is 0.0557. The topological polar surface area (TPSA) is 49.3 Å². The minimum Gasteiger partial charge on any atom is -0.392 e. The van der Waals surface area contributed by atoms with E-state index in [4.69, 9.17) is 5.11 Å². The number of nitrogens with one attached hydrogen (secondary N) is 1. The fourth-order valence-electron chi connectivity index (χ4n) is 1.03. The molecular formula is C10H10F2INO2. The molecule has 0 bridgehead atoms. The molecule has 6 heteroatoms. The maximum atomic E-state index is 12.9. The molecule has 1 unspecified atom stereocenters. The highest BCUT2D eigenvalue weighted by Crippen LogP contribution is 2.16. The molecule has 3 nitrogen and oxygen atoms in total. The lowest BCUT2D eigenvalue weighted by Gasteiger charge is -2.08. The van der Waals surface area contributed by atoms with E-state index in [-0.39, 0.29) is 12.1 Å². The second kappa shape index (κ2) is 5.53. The van der Waals surface area contributed by atoms with Crippen LogP contribution in [0.4, 0.5) is 8.78 Å². The van der Waals surface area contributed by atoms with Crippen LogP contribution < -0.4 is 5.32 Å². The highest BCUT2D eigenvalue weighted by molar-refractivity contribution is 14.1. The molecule has 1 aromatic carbocycles. The van der Waals surface area contributed by atoms with E-state index < -0.39 is 23.6 Å². The van der Waals surface area contributed by atoms with Crippen molar-refractivity contribution in [3.63, 3.8) is 0 Å². The molecule has 88 valence electrons. The van der Waals surface area contributed by atoms with Gasteiger partial charge in [0.25, 0.3) is 5.91 Å². The Morgan fingerprint density at radius 3 is 2.62 bits per heavy atom. The summed E-state index contributed by atoms with van der Waals surface area (Å²) in [7, 11) is 0. The zero-order chi connectivity index (χ0) is 12.3. The predicted octanol–water partition coefficient (Wildman–Crippen LogP) is 1.68.